The Morgan fingerprint density at radius 2 is 1.52 bits per heavy atom. The van der Waals surface area contributed by atoms with Gasteiger partial charge in [0.25, 0.3) is 0 Å². The van der Waals surface area contributed by atoms with Crippen LogP contribution in [0.2, 0.25) is 0 Å². The third-order valence-corrected chi connectivity index (χ3v) is 5.09. The molecule has 0 aromatic carbocycles. The van der Waals surface area contributed by atoms with Crippen LogP contribution in [-0.2, 0) is 12.8 Å². The summed E-state index contributed by atoms with van der Waals surface area (Å²) in [6.07, 6.45) is 6.41. The molecule has 1 rings (SSSR count). The maximum atomic E-state index is 9.08. The van der Waals surface area contributed by atoms with Crippen molar-refractivity contribution in [2.45, 2.75) is 37.8 Å². The first-order chi connectivity index (χ1) is 13.8. The summed E-state index contributed by atoms with van der Waals surface area (Å²) in [6, 6.07) is 1.72. The number of aliphatic imine (C=N–C) groups is 2. The van der Waals surface area contributed by atoms with Crippen molar-refractivity contribution in [2.24, 2.45) is 32.9 Å². The van der Waals surface area contributed by atoms with E-state index in [4.69, 9.17) is 33.5 Å². The molecular formula is C17H29N11S. The molecule has 158 valence electrons. The van der Waals surface area contributed by atoms with Gasteiger partial charge < -0.3 is 22.9 Å². The number of nitrogens with two attached hydrogens (primary N) is 4. The number of nitrogens with zero attached hydrogens (tertiary/aromatic N) is 7. The Morgan fingerprint density at radius 3 is 1.97 bits per heavy atom. The van der Waals surface area contributed by atoms with Gasteiger partial charge in [0.1, 0.15) is 0 Å². The lowest BCUT2D eigenvalue weighted by Crippen LogP contribution is -2.37. The number of nitriles is 2. The molecule has 1 heterocycles. The highest BCUT2D eigenvalue weighted by molar-refractivity contribution is 7.05. The Labute approximate surface area is 175 Å². The Balaban J connectivity index is 2.47. The molecule has 2 unspecified atom stereocenters. The second kappa shape index (κ2) is 12.5. The van der Waals surface area contributed by atoms with Gasteiger partial charge in [0.2, 0.25) is 11.9 Å². The van der Waals surface area contributed by atoms with Gasteiger partial charge in [-0.3, -0.25) is 9.98 Å². The van der Waals surface area contributed by atoms with Crippen LogP contribution < -0.4 is 22.9 Å². The minimum Gasteiger partial charge on any atom is -0.369 e. The largest absolute Gasteiger partial charge is 0.369 e. The number of aromatic nitrogens is 1. The van der Waals surface area contributed by atoms with Gasteiger partial charge >= 0.3 is 0 Å². The molecule has 0 bridgehead atoms. The molecule has 0 aliphatic rings. The maximum Gasteiger partial charge on any atom is 0.204 e. The van der Waals surface area contributed by atoms with Gasteiger partial charge in [-0.1, -0.05) is 0 Å². The van der Waals surface area contributed by atoms with Crippen molar-refractivity contribution in [1.82, 2.24) is 14.2 Å². The van der Waals surface area contributed by atoms with Crippen molar-refractivity contribution in [3.05, 3.63) is 16.6 Å². The van der Waals surface area contributed by atoms with Gasteiger partial charge in [0, 0.05) is 50.6 Å². The topological polar surface area (TPSA) is 196 Å². The van der Waals surface area contributed by atoms with E-state index in [1.807, 2.05) is 18.5 Å². The Kier molecular flexibility index (Phi) is 10.4. The van der Waals surface area contributed by atoms with Crippen LogP contribution in [0.15, 0.2) is 16.1 Å². The lowest BCUT2D eigenvalue weighted by atomic mass is 10.1. The van der Waals surface area contributed by atoms with Gasteiger partial charge in [-0.05, 0) is 36.9 Å². The predicted octanol–water partition coefficient (Wildman–Crippen LogP) is -0.882. The lowest BCUT2D eigenvalue weighted by Gasteiger charge is -2.17. The van der Waals surface area contributed by atoms with Gasteiger partial charge in [-0.25, -0.2) is 9.80 Å². The molecule has 1 aromatic heterocycles. The van der Waals surface area contributed by atoms with E-state index in [1.54, 1.807) is 0 Å². The number of hydrogen-bond donors (Lipinski definition) is 4. The monoisotopic (exact) mass is 419 g/mol. The molecule has 0 amide bonds. The zero-order valence-electron chi connectivity index (χ0n) is 16.8. The van der Waals surface area contributed by atoms with Crippen molar-refractivity contribution in [3.8, 4) is 12.4 Å². The first-order valence-electron chi connectivity index (χ1n) is 9.09. The molecule has 0 aliphatic heterocycles. The van der Waals surface area contributed by atoms with Crippen molar-refractivity contribution < 1.29 is 0 Å². The van der Waals surface area contributed by atoms with Crippen LogP contribution in [-0.4, -0.2) is 65.4 Å². The van der Waals surface area contributed by atoms with E-state index in [9.17, 15) is 0 Å². The molecular weight excluding hydrogens is 390 g/mol. The van der Waals surface area contributed by atoms with Crippen molar-refractivity contribution in [3.63, 3.8) is 0 Å². The van der Waals surface area contributed by atoms with Crippen LogP contribution in [0, 0.1) is 22.9 Å². The van der Waals surface area contributed by atoms with Crippen molar-refractivity contribution in [1.29, 1.82) is 10.5 Å². The van der Waals surface area contributed by atoms with E-state index in [0.717, 1.165) is 10.6 Å². The fourth-order valence-electron chi connectivity index (χ4n) is 2.54. The average Bonchev–Trinajstić information content (AvgIpc) is 3.14. The Hall–Kier alpha value is -2.93. The molecule has 0 fully saturated rings. The van der Waals surface area contributed by atoms with E-state index in [2.05, 4.69) is 14.4 Å². The number of guanidine groups is 2. The maximum absolute atomic E-state index is 9.08. The highest BCUT2D eigenvalue weighted by Gasteiger charge is 2.14. The van der Waals surface area contributed by atoms with Gasteiger partial charge in [0.05, 0.1) is 5.69 Å². The summed E-state index contributed by atoms with van der Waals surface area (Å²) in [5, 5.41) is 18.1. The highest BCUT2D eigenvalue weighted by atomic mass is 32.1. The molecule has 0 radical (unpaired) electrons. The predicted molar refractivity (Wildman–Crippen MR) is 114 cm³/mol. The Morgan fingerprint density at radius 1 is 1.03 bits per heavy atom. The summed E-state index contributed by atoms with van der Waals surface area (Å²) in [7, 11) is 3.07. The quantitative estimate of drug-likeness (QED) is 0.161. The van der Waals surface area contributed by atoms with E-state index in [-0.39, 0.29) is 24.0 Å². The zero-order chi connectivity index (χ0) is 21.8. The second-order valence-electron chi connectivity index (χ2n) is 6.46. The molecule has 8 N–H and O–H groups in total. The van der Waals surface area contributed by atoms with Gasteiger partial charge in [-0.15, -0.1) is 0 Å². The first kappa shape index (κ1) is 24.1. The smallest absolute Gasteiger partial charge is 0.204 e. The molecule has 0 saturated carbocycles. The molecule has 0 aliphatic carbocycles. The van der Waals surface area contributed by atoms with Gasteiger partial charge in [0.15, 0.2) is 12.4 Å². The average molecular weight is 420 g/mol. The molecule has 2 atom stereocenters. The summed E-state index contributed by atoms with van der Waals surface area (Å²) >= 11 is 1.39. The van der Waals surface area contributed by atoms with E-state index < -0.39 is 0 Å². The van der Waals surface area contributed by atoms with Crippen molar-refractivity contribution >= 4 is 23.5 Å². The van der Waals surface area contributed by atoms with Crippen LogP contribution in [0.25, 0.3) is 0 Å². The molecule has 12 heteroatoms. The summed E-state index contributed by atoms with van der Waals surface area (Å²) in [4.78, 5) is 11.3. The fourth-order valence-corrected chi connectivity index (χ4v) is 3.38. The fraction of sp³-hybridized carbons (Fsp3) is 0.588. The molecule has 29 heavy (non-hydrogen) atoms. The third-order valence-electron chi connectivity index (χ3n) is 4.24. The Bertz CT molecular complexity index is 711. The van der Waals surface area contributed by atoms with Crippen molar-refractivity contribution in [2.75, 3.05) is 27.2 Å². The molecule has 11 nitrogen and oxygen atoms in total. The van der Waals surface area contributed by atoms with Crippen LogP contribution in [0.1, 0.15) is 23.4 Å². The third kappa shape index (κ3) is 8.31. The van der Waals surface area contributed by atoms with Crippen LogP contribution in [0.5, 0.6) is 0 Å². The van der Waals surface area contributed by atoms with E-state index in [1.165, 1.54) is 35.4 Å². The zero-order valence-corrected chi connectivity index (χ0v) is 17.6. The van der Waals surface area contributed by atoms with Gasteiger partial charge in [-0.2, -0.15) is 14.9 Å². The van der Waals surface area contributed by atoms with Crippen LogP contribution >= 0.6 is 11.5 Å². The minimum atomic E-state index is -0.153. The minimum absolute atomic E-state index is 0.127. The highest BCUT2D eigenvalue weighted by Crippen LogP contribution is 2.15. The SMILES string of the molecule is CN=C(N)N(C#N)CCC(N)Cc1cc(CC(N)CCN(C#N)C(N)=NC)sn1. The molecule has 0 spiro atoms. The summed E-state index contributed by atoms with van der Waals surface area (Å²) in [5.41, 5.74) is 24.5. The van der Waals surface area contributed by atoms with E-state index >= 15 is 0 Å². The normalized spacial score (nSPS) is 14.0. The van der Waals surface area contributed by atoms with Crippen LogP contribution in [0.4, 0.5) is 0 Å². The van der Waals surface area contributed by atoms with E-state index in [0.29, 0.717) is 38.8 Å². The van der Waals surface area contributed by atoms with Crippen LogP contribution in [0.3, 0.4) is 0 Å². The standard InChI is InChI=1S/C17H29N11S/c1-24-16(22)27(10-18)5-3-12(20)7-14-9-15(29-26-14)8-13(21)4-6-28(11-19)17(23)25-2/h9,12-13H,3-8,20-21H2,1-2H3,(H2,22,24)(H2,23,25). The number of rotatable bonds is 10. The first-order valence-corrected chi connectivity index (χ1v) is 9.86. The summed E-state index contributed by atoms with van der Waals surface area (Å²) in [6.45, 7) is 0.819. The lowest BCUT2D eigenvalue weighted by molar-refractivity contribution is 0.488. The molecule has 0 saturated heterocycles. The second-order valence-corrected chi connectivity index (χ2v) is 7.35. The number of hydrogen-bond acceptors (Lipinski definition) is 8. The summed E-state index contributed by atoms with van der Waals surface area (Å²) < 4.78 is 4.44. The molecule has 1 aromatic rings. The summed E-state index contributed by atoms with van der Waals surface area (Å²) in [5.74, 6) is 0.349.